The molecule has 110 valence electrons. The van der Waals surface area contributed by atoms with Crippen molar-refractivity contribution in [3.8, 4) is 0 Å². The van der Waals surface area contributed by atoms with Crippen molar-refractivity contribution in [2.45, 2.75) is 24.8 Å². The van der Waals surface area contributed by atoms with Gasteiger partial charge in [-0.05, 0) is 37.9 Å². The Morgan fingerprint density at radius 1 is 1.45 bits per heavy atom. The highest BCUT2D eigenvalue weighted by Gasteiger charge is 2.25. The van der Waals surface area contributed by atoms with Crippen LogP contribution in [0.25, 0.3) is 0 Å². The predicted molar refractivity (Wildman–Crippen MR) is 79.7 cm³/mol. The van der Waals surface area contributed by atoms with Crippen LogP contribution in [0.5, 0.6) is 0 Å². The fourth-order valence-corrected chi connectivity index (χ4v) is 2.87. The summed E-state index contributed by atoms with van der Waals surface area (Å²) in [6, 6.07) is 10.5. The molecule has 4 nitrogen and oxygen atoms in total. The smallest absolute Gasteiger partial charge is 0.322 e. The molecule has 0 aromatic heterocycles. The fraction of sp³-hybridized carbons (Fsp3) is 0.562. The van der Waals surface area contributed by atoms with Crippen LogP contribution in [0.4, 0.5) is 0 Å². The van der Waals surface area contributed by atoms with Gasteiger partial charge in [-0.15, -0.1) is 0 Å². The van der Waals surface area contributed by atoms with Gasteiger partial charge in [0.15, 0.2) is 0 Å². The zero-order chi connectivity index (χ0) is 14.4. The van der Waals surface area contributed by atoms with Gasteiger partial charge in [0.1, 0.15) is 6.04 Å². The highest BCUT2D eigenvalue weighted by molar-refractivity contribution is 5.75. The van der Waals surface area contributed by atoms with Gasteiger partial charge in [-0.1, -0.05) is 30.3 Å². The van der Waals surface area contributed by atoms with Gasteiger partial charge in [-0.3, -0.25) is 4.79 Å². The molecule has 1 aliphatic rings. The summed E-state index contributed by atoms with van der Waals surface area (Å²) in [7, 11) is 3.24. The molecule has 1 N–H and O–H groups in total. The van der Waals surface area contributed by atoms with E-state index in [9.17, 15) is 4.79 Å². The minimum absolute atomic E-state index is 0.175. The number of nitrogens with zero attached hydrogens (tertiary/aromatic N) is 1. The monoisotopic (exact) mass is 276 g/mol. The molecule has 0 radical (unpaired) electrons. The van der Waals surface area contributed by atoms with Crippen molar-refractivity contribution in [1.29, 1.82) is 0 Å². The van der Waals surface area contributed by atoms with Gasteiger partial charge in [0.05, 0.1) is 7.11 Å². The minimum Gasteiger partial charge on any atom is -0.468 e. The molecular weight excluding hydrogens is 252 g/mol. The van der Waals surface area contributed by atoms with Gasteiger partial charge >= 0.3 is 5.97 Å². The van der Waals surface area contributed by atoms with E-state index in [0.717, 1.165) is 26.1 Å². The van der Waals surface area contributed by atoms with Crippen LogP contribution >= 0.6 is 0 Å². The first kappa shape index (κ1) is 15.0. The number of esters is 1. The van der Waals surface area contributed by atoms with Crippen molar-refractivity contribution in [3.05, 3.63) is 35.9 Å². The van der Waals surface area contributed by atoms with Crippen molar-refractivity contribution >= 4 is 5.97 Å². The molecule has 0 aliphatic carbocycles. The molecule has 1 aliphatic heterocycles. The molecule has 1 fully saturated rings. The van der Waals surface area contributed by atoms with Gasteiger partial charge < -0.3 is 15.0 Å². The molecule has 0 bridgehead atoms. The zero-order valence-corrected chi connectivity index (χ0v) is 12.3. The van der Waals surface area contributed by atoms with Crippen LogP contribution in [-0.2, 0) is 9.53 Å². The summed E-state index contributed by atoms with van der Waals surface area (Å²) >= 11 is 0. The Bertz CT molecular complexity index is 422. The molecule has 1 heterocycles. The number of ether oxygens (including phenoxy) is 1. The van der Waals surface area contributed by atoms with E-state index in [-0.39, 0.29) is 12.0 Å². The molecule has 1 aromatic rings. The van der Waals surface area contributed by atoms with Crippen molar-refractivity contribution in [1.82, 2.24) is 10.2 Å². The van der Waals surface area contributed by atoms with E-state index < -0.39 is 0 Å². The molecule has 0 spiro atoms. The Kier molecular flexibility index (Phi) is 5.56. The van der Waals surface area contributed by atoms with Crippen LogP contribution in [0, 0.1) is 0 Å². The standard InChI is InChI=1S/C16H24N2O2/c1-17-15(16(19)20-2)9-11-18-10-8-14(12-18)13-6-4-3-5-7-13/h3-7,14-15,17H,8-12H2,1-2H3. The Hall–Kier alpha value is -1.39. The minimum atomic E-state index is -0.198. The number of carbonyl (C=O) groups excluding carboxylic acids is 1. The van der Waals surface area contributed by atoms with E-state index in [0.29, 0.717) is 5.92 Å². The molecule has 0 saturated carbocycles. The predicted octanol–water partition coefficient (Wildman–Crippen LogP) is 1.63. The Morgan fingerprint density at radius 2 is 2.20 bits per heavy atom. The quantitative estimate of drug-likeness (QED) is 0.802. The van der Waals surface area contributed by atoms with Gasteiger partial charge in [-0.2, -0.15) is 0 Å². The van der Waals surface area contributed by atoms with E-state index in [4.69, 9.17) is 4.74 Å². The van der Waals surface area contributed by atoms with Gasteiger partial charge in [0, 0.05) is 13.1 Å². The van der Waals surface area contributed by atoms with Crippen molar-refractivity contribution < 1.29 is 9.53 Å². The van der Waals surface area contributed by atoms with E-state index in [2.05, 4.69) is 40.5 Å². The topological polar surface area (TPSA) is 41.6 Å². The summed E-state index contributed by atoms with van der Waals surface area (Å²) in [5, 5.41) is 3.02. The van der Waals surface area contributed by atoms with Gasteiger partial charge in [0.25, 0.3) is 0 Å². The summed E-state index contributed by atoms with van der Waals surface area (Å²) < 4.78 is 4.79. The van der Waals surface area contributed by atoms with E-state index >= 15 is 0 Å². The van der Waals surface area contributed by atoms with Gasteiger partial charge in [-0.25, -0.2) is 0 Å². The fourth-order valence-electron chi connectivity index (χ4n) is 2.87. The summed E-state index contributed by atoms with van der Waals surface area (Å²) in [4.78, 5) is 14.0. The van der Waals surface area contributed by atoms with E-state index in [1.54, 1.807) is 7.05 Å². The maximum absolute atomic E-state index is 11.5. The number of rotatable bonds is 6. The summed E-state index contributed by atoms with van der Waals surface area (Å²) in [5.74, 6) is 0.452. The molecule has 1 aromatic carbocycles. The normalized spacial score (nSPS) is 20.8. The van der Waals surface area contributed by atoms with E-state index in [1.165, 1.54) is 19.1 Å². The maximum Gasteiger partial charge on any atom is 0.322 e. The van der Waals surface area contributed by atoms with Crippen LogP contribution in [0.3, 0.4) is 0 Å². The second kappa shape index (κ2) is 7.41. The molecule has 0 amide bonds. The summed E-state index contributed by atoms with van der Waals surface area (Å²) in [5.41, 5.74) is 1.42. The first-order valence-corrected chi connectivity index (χ1v) is 7.27. The SMILES string of the molecule is CNC(CCN1CCC(c2ccccc2)C1)C(=O)OC. The number of benzene rings is 1. The largest absolute Gasteiger partial charge is 0.468 e. The van der Waals surface area contributed by atoms with Crippen LogP contribution in [-0.4, -0.2) is 50.7 Å². The maximum atomic E-state index is 11.5. The third-order valence-electron chi connectivity index (χ3n) is 4.11. The first-order valence-electron chi connectivity index (χ1n) is 7.27. The zero-order valence-electron chi connectivity index (χ0n) is 12.3. The molecule has 20 heavy (non-hydrogen) atoms. The molecule has 2 unspecified atom stereocenters. The third kappa shape index (κ3) is 3.81. The lowest BCUT2D eigenvalue weighted by Crippen LogP contribution is -2.38. The highest BCUT2D eigenvalue weighted by Crippen LogP contribution is 2.26. The molecule has 2 rings (SSSR count). The van der Waals surface area contributed by atoms with Crippen LogP contribution in [0.1, 0.15) is 24.3 Å². The molecule has 1 saturated heterocycles. The number of nitrogens with one attached hydrogen (secondary N) is 1. The van der Waals surface area contributed by atoms with Crippen molar-refractivity contribution in [2.75, 3.05) is 33.8 Å². The number of likely N-dealkylation sites (N-methyl/N-ethyl adjacent to an activating group) is 1. The van der Waals surface area contributed by atoms with E-state index in [1.807, 2.05) is 0 Å². The lowest BCUT2D eigenvalue weighted by Gasteiger charge is -2.19. The van der Waals surface area contributed by atoms with Gasteiger partial charge in [0.2, 0.25) is 0 Å². The number of carbonyl (C=O) groups is 1. The summed E-state index contributed by atoms with van der Waals surface area (Å²) in [6.45, 7) is 3.13. The van der Waals surface area contributed by atoms with Crippen LogP contribution in [0.15, 0.2) is 30.3 Å². The number of hydrogen-bond donors (Lipinski definition) is 1. The lowest BCUT2D eigenvalue weighted by atomic mass is 9.99. The average molecular weight is 276 g/mol. The van der Waals surface area contributed by atoms with Crippen LogP contribution in [0.2, 0.25) is 0 Å². The first-order chi connectivity index (χ1) is 9.74. The molecule has 4 heteroatoms. The third-order valence-corrected chi connectivity index (χ3v) is 4.11. The van der Waals surface area contributed by atoms with Crippen LogP contribution < -0.4 is 5.32 Å². The highest BCUT2D eigenvalue weighted by atomic mass is 16.5. The second-order valence-electron chi connectivity index (χ2n) is 5.35. The Morgan fingerprint density at radius 3 is 2.85 bits per heavy atom. The second-order valence-corrected chi connectivity index (χ2v) is 5.35. The lowest BCUT2D eigenvalue weighted by molar-refractivity contribution is -0.143. The number of likely N-dealkylation sites (tertiary alicyclic amines) is 1. The summed E-state index contributed by atoms with van der Waals surface area (Å²) in [6.07, 6.45) is 2.00. The number of methoxy groups -OCH3 is 1. The Labute approximate surface area is 121 Å². The number of hydrogen-bond acceptors (Lipinski definition) is 4. The molecule has 2 atom stereocenters. The Balaban J connectivity index is 1.80. The molecular formula is C16H24N2O2. The van der Waals surface area contributed by atoms with Crippen molar-refractivity contribution in [2.24, 2.45) is 0 Å². The average Bonchev–Trinajstić information content (AvgIpc) is 2.97. The van der Waals surface area contributed by atoms with Crippen molar-refractivity contribution in [3.63, 3.8) is 0 Å².